The minimum absolute atomic E-state index is 0.569. The van der Waals surface area contributed by atoms with Crippen LogP contribution in [-0.4, -0.2) is 30.2 Å². The Balaban J connectivity index is 2.01. The molecular formula is C13H19N3. The molecule has 0 spiro atoms. The molecule has 0 radical (unpaired) electrons. The van der Waals surface area contributed by atoms with E-state index in [1.165, 1.54) is 17.1 Å². The van der Waals surface area contributed by atoms with Gasteiger partial charge in [-0.15, -0.1) is 0 Å². The van der Waals surface area contributed by atoms with Crippen LogP contribution in [0.25, 0.3) is 0 Å². The highest BCUT2D eigenvalue weighted by molar-refractivity contribution is 5.56. The monoisotopic (exact) mass is 217 g/mol. The lowest BCUT2D eigenvalue weighted by molar-refractivity contribution is 0.427. The molecule has 1 N–H and O–H groups in total. The highest BCUT2D eigenvalue weighted by atomic mass is 15.3. The van der Waals surface area contributed by atoms with Gasteiger partial charge in [-0.25, -0.2) is 4.98 Å². The minimum Gasteiger partial charge on any atom is -0.348 e. The molecule has 1 saturated heterocycles. The third kappa shape index (κ3) is 1.42. The number of aromatic nitrogens is 1. The highest BCUT2D eigenvalue weighted by Gasteiger charge is 2.35. The topological polar surface area (TPSA) is 28.2 Å². The molecule has 0 bridgehead atoms. The van der Waals surface area contributed by atoms with Gasteiger partial charge in [0, 0.05) is 30.9 Å². The van der Waals surface area contributed by atoms with E-state index < -0.39 is 0 Å². The van der Waals surface area contributed by atoms with Crippen LogP contribution in [0.4, 0.5) is 5.82 Å². The van der Waals surface area contributed by atoms with Gasteiger partial charge in [-0.1, -0.05) is 13.0 Å². The fourth-order valence-electron chi connectivity index (χ4n) is 2.92. The summed E-state index contributed by atoms with van der Waals surface area (Å²) in [5.74, 6) is 1.25. The summed E-state index contributed by atoms with van der Waals surface area (Å²) in [6, 6.07) is 5.64. The molecule has 3 heterocycles. The lowest BCUT2D eigenvalue weighted by atomic mass is 10.1. The molecule has 16 heavy (non-hydrogen) atoms. The standard InChI is InChI=1S/C13H19N3/c1-3-11-5-4-10-6-12-8-14-7-9(2)16(12)13(10)15-11/h4-5,9,12,14H,3,6-8H2,1-2H3/t9-,12-/m1/s1. The number of nitrogens with zero attached hydrogens (tertiary/aromatic N) is 2. The molecule has 86 valence electrons. The maximum absolute atomic E-state index is 4.80. The molecule has 2 atom stereocenters. The molecule has 3 nitrogen and oxygen atoms in total. The van der Waals surface area contributed by atoms with Gasteiger partial charge in [-0.2, -0.15) is 0 Å². The second-order valence-corrected chi connectivity index (χ2v) is 4.91. The number of nitrogens with one attached hydrogen (secondary N) is 1. The Kier molecular flexibility index (Phi) is 2.36. The van der Waals surface area contributed by atoms with E-state index in [-0.39, 0.29) is 0 Å². The SMILES string of the molecule is CCc1ccc2c(n1)N1[C@@H](CNC[C@H]1C)C2. The first-order chi connectivity index (χ1) is 7.79. The van der Waals surface area contributed by atoms with E-state index in [1.54, 1.807) is 0 Å². The molecule has 0 aliphatic carbocycles. The predicted octanol–water partition coefficient (Wildman–Crippen LogP) is 1.37. The molecule has 0 saturated carbocycles. The van der Waals surface area contributed by atoms with Gasteiger partial charge < -0.3 is 10.2 Å². The van der Waals surface area contributed by atoms with E-state index in [2.05, 4.69) is 36.2 Å². The van der Waals surface area contributed by atoms with Gasteiger partial charge in [0.05, 0.1) is 0 Å². The van der Waals surface area contributed by atoms with Gasteiger partial charge in [0.1, 0.15) is 5.82 Å². The molecule has 1 aromatic heterocycles. The van der Waals surface area contributed by atoms with Crippen molar-refractivity contribution in [3.05, 3.63) is 23.4 Å². The molecule has 0 unspecified atom stereocenters. The number of aryl methyl sites for hydroxylation is 1. The first-order valence-corrected chi connectivity index (χ1v) is 6.27. The van der Waals surface area contributed by atoms with Crippen LogP contribution >= 0.6 is 0 Å². The van der Waals surface area contributed by atoms with Crippen molar-refractivity contribution < 1.29 is 0 Å². The lowest BCUT2D eigenvalue weighted by Gasteiger charge is -2.37. The molecule has 2 aliphatic heterocycles. The van der Waals surface area contributed by atoms with Crippen LogP contribution in [0.5, 0.6) is 0 Å². The van der Waals surface area contributed by atoms with Crippen molar-refractivity contribution in [2.75, 3.05) is 18.0 Å². The molecule has 0 aromatic carbocycles. The van der Waals surface area contributed by atoms with Crippen LogP contribution in [0, 0.1) is 0 Å². The molecule has 3 rings (SSSR count). The lowest BCUT2D eigenvalue weighted by Crippen LogP contribution is -2.55. The van der Waals surface area contributed by atoms with E-state index in [4.69, 9.17) is 4.98 Å². The molecular weight excluding hydrogens is 198 g/mol. The minimum atomic E-state index is 0.569. The van der Waals surface area contributed by atoms with Crippen molar-refractivity contribution in [2.45, 2.75) is 38.8 Å². The first kappa shape index (κ1) is 10.1. The van der Waals surface area contributed by atoms with E-state index in [9.17, 15) is 0 Å². The summed E-state index contributed by atoms with van der Waals surface area (Å²) in [7, 11) is 0. The van der Waals surface area contributed by atoms with E-state index in [0.29, 0.717) is 12.1 Å². The van der Waals surface area contributed by atoms with E-state index in [0.717, 1.165) is 25.9 Å². The zero-order valence-corrected chi connectivity index (χ0v) is 10.0. The van der Waals surface area contributed by atoms with Gasteiger partial charge in [0.2, 0.25) is 0 Å². The number of anilines is 1. The van der Waals surface area contributed by atoms with Crippen LogP contribution in [-0.2, 0) is 12.8 Å². The summed E-state index contributed by atoms with van der Waals surface area (Å²) in [5.41, 5.74) is 2.64. The van der Waals surface area contributed by atoms with Crippen molar-refractivity contribution >= 4 is 5.82 Å². The molecule has 2 aliphatic rings. The highest BCUT2D eigenvalue weighted by Crippen LogP contribution is 2.33. The Morgan fingerprint density at radius 1 is 1.44 bits per heavy atom. The molecule has 1 fully saturated rings. The zero-order chi connectivity index (χ0) is 11.1. The van der Waals surface area contributed by atoms with Crippen molar-refractivity contribution in [2.24, 2.45) is 0 Å². The Hall–Kier alpha value is -1.09. The Labute approximate surface area is 96.9 Å². The Morgan fingerprint density at radius 3 is 3.12 bits per heavy atom. The molecule has 3 heteroatoms. The van der Waals surface area contributed by atoms with Crippen LogP contribution in [0.2, 0.25) is 0 Å². The van der Waals surface area contributed by atoms with Crippen molar-refractivity contribution in [1.82, 2.24) is 10.3 Å². The van der Waals surface area contributed by atoms with Gasteiger partial charge in [0.25, 0.3) is 0 Å². The maximum Gasteiger partial charge on any atom is 0.132 e. The Bertz CT molecular complexity index is 402. The van der Waals surface area contributed by atoms with Crippen LogP contribution in [0.3, 0.4) is 0 Å². The largest absolute Gasteiger partial charge is 0.348 e. The quantitative estimate of drug-likeness (QED) is 0.770. The fraction of sp³-hybridized carbons (Fsp3) is 0.615. The van der Waals surface area contributed by atoms with Gasteiger partial charge >= 0.3 is 0 Å². The van der Waals surface area contributed by atoms with E-state index >= 15 is 0 Å². The number of rotatable bonds is 1. The summed E-state index contributed by atoms with van der Waals surface area (Å²) >= 11 is 0. The van der Waals surface area contributed by atoms with Gasteiger partial charge in [0.15, 0.2) is 0 Å². The number of fused-ring (bicyclic) bond motifs is 3. The van der Waals surface area contributed by atoms with Crippen LogP contribution in [0.1, 0.15) is 25.1 Å². The van der Waals surface area contributed by atoms with Crippen molar-refractivity contribution in [3.63, 3.8) is 0 Å². The zero-order valence-electron chi connectivity index (χ0n) is 10.0. The fourth-order valence-corrected chi connectivity index (χ4v) is 2.92. The second kappa shape index (κ2) is 3.74. The van der Waals surface area contributed by atoms with Gasteiger partial charge in [-0.3, -0.25) is 0 Å². The number of hydrogen-bond acceptors (Lipinski definition) is 3. The summed E-state index contributed by atoms with van der Waals surface area (Å²) in [6.07, 6.45) is 2.18. The number of pyridine rings is 1. The summed E-state index contributed by atoms with van der Waals surface area (Å²) < 4.78 is 0. The van der Waals surface area contributed by atoms with Crippen LogP contribution < -0.4 is 10.2 Å². The van der Waals surface area contributed by atoms with Gasteiger partial charge in [-0.05, 0) is 31.4 Å². The Morgan fingerprint density at radius 2 is 2.31 bits per heavy atom. The normalized spacial score (nSPS) is 27.8. The summed E-state index contributed by atoms with van der Waals surface area (Å²) in [5, 5.41) is 3.50. The average molecular weight is 217 g/mol. The van der Waals surface area contributed by atoms with E-state index in [1.807, 2.05) is 0 Å². The number of hydrogen-bond donors (Lipinski definition) is 1. The van der Waals surface area contributed by atoms with Crippen molar-refractivity contribution in [1.29, 1.82) is 0 Å². The molecule has 1 aromatic rings. The van der Waals surface area contributed by atoms with Crippen LogP contribution in [0.15, 0.2) is 12.1 Å². The summed E-state index contributed by atoms with van der Waals surface area (Å²) in [4.78, 5) is 7.32. The average Bonchev–Trinajstić information content (AvgIpc) is 2.67. The molecule has 0 amide bonds. The number of piperazine rings is 1. The van der Waals surface area contributed by atoms with Crippen molar-refractivity contribution in [3.8, 4) is 0 Å². The first-order valence-electron chi connectivity index (χ1n) is 6.27. The smallest absolute Gasteiger partial charge is 0.132 e. The second-order valence-electron chi connectivity index (χ2n) is 4.91. The predicted molar refractivity (Wildman–Crippen MR) is 65.9 cm³/mol. The maximum atomic E-state index is 4.80. The third-order valence-corrected chi connectivity index (χ3v) is 3.76. The third-order valence-electron chi connectivity index (χ3n) is 3.76. The summed E-state index contributed by atoms with van der Waals surface area (Å²) in [6.45, 7) is 6.63.